The summed E-state index contributed by atoms with van der Waals surface area (Å²) in [5.41, 5.74) is 1.07. The first-order valence-electron chi connectivity index (χ1n) is 6.49. The summed E-state index contributed by atoms with van der Waals surface area (Å²) in [7, 11) is 0. The fourth-order valence-electron chi connectivity index (χ4n) is 1.81. The largest absolute Gasteiger partial charge is 0.424 e. The van der Waals surface area contributed by atoms with Gasteiger partial charge in [0.05, 0.1) is 5.75 Å². The second-order valence-electron chi connectivity index (χ2n) is 4.29. The van der Waals surface area contributed by atoms with Gasteiger partial charge < -0.3 is 4.42 Å². The number of nitrogens with zero attached hydrogens (tertiary/aromatic N) is 4. The van der Waals surface area contributed by atoms with Gasteiger partial charge in [-0.15, -0.1) is 10.2 Å². The smallest absolute Gasteiger partial charge is 0.226 e. The van der Waals surface area contributed by atoms with E-state index in [0.717, 1.165) is 21.7 Å². The van der Waals surface area contributed by atoms with Crippen LogP contribution in [-0.4, -0.2) is 19.7 Å². The molecule has 0 unspecified atom stereocenters. The second kappa shape index (κ2) is 6.44. The molecule has 0 amide bonds. The minimum Gasteiger partial charge on any atom is -0.424 e. The molecule has 0 fully saturated rings. The van der Waals surface area contributed by atoms with Gasteiger partial charge in [-0.2, -0.15) is 0 Å². The molecule has 0 atom stereocenters. The summed E-state index contributed by atoms with van der Waals surface area (Å²) in [5, 5.41) is 8.88. The molecule has 1 aromatic carbocycles. The van der Waals surface area contributed by atoms with Crippen LogP contribution in [0.5, 0.6) is 0 Å². The van der Waals surface area contributed by atoms with Crippen LogP contribution in [0.3, 0.4) is 0 Å². The average Bonchev–Trinajstić information content (AvgIpc) is 3.15. The van der Waals surface area contributed by atoms with Gasteiger partial charge in [0, 0.05) is 29.0 Å². The molecule has 7 heteroatoms. The van der Waals surface area contributed by atoms with Crippen LogP contribution in [0, 0.1) is 0 Å². The molecule has 0 bridgehead atoms. The van der Waals surface area contributed by atoms with Crippen LogP contribution in [0.4, 0.5) is 0 Å². The van der Waals surface area contributed by atoms with Crippen LogP contribution >= 0.6 is 27.7 Å². The minimum atomic E-state index is 0.612. The third-order valence-corrected chi connectivity index (χ3v) is 4.33. The van der Waals surface area contributed by atoms with Crippen LogP contribution in [0.25, 0.3) is 5.69 Å². The number of imidazole rings is 1. The maximum absolute atomic E-state index is 5.51. The number of hydrogen-bond acceptors (Lipinski definition) is 5. The molecular weight excluding hydrogens is 352 g/mol. The van der Waals surface area contributed by atoms with Gasteiger partial charge in [0.1, 0.15) is 0 Å². The van der Waals surface area contributed by atoms with Crippen molar-refractivity contribution in [3.8, 4) is 5.69 Å². The van der Waals surface area contributed by atoms with Crippen molar-refractivity contribution in [2.24, 2.45) is 0 Å². The molecule has 0 saturated carbocycles. The predicted molar refractivity (Wildman–Crippen MR) is 84.5 cm³/mol. The van der Waals surface area contributed by atoms with Crippen LogP contribution < -0.4 is 0 Å². The zero-order chi connectivity index (χ0) is 14.7. The van der Waals surface area contributed by atoms with E-state index >= 15 is 0 Å². The lowest BCUT2D eigenvalue weighted by Gasteiger charge is -2.06. The quantitative estimate of drug-likeness (QED) is 0.643. The number of benzene rings is 1. The lowest BCUT2D eigenvalue weighted by atomic mass is 10.3. The molecule has 0 saturated heterocycles. The highest BCUT2D eigenvalue weighted by Gasteiger charge is 2.09. The Hall–Kier alpha value is -1.60. The number of aryl methyl sites for hydroxylation is 1. The molecule has 0 N–H and O–H groups in total. The molecule has 5 nitrogen and oxygen atoms in total. The Morgan fingerprint density at radius 1 is 1.19 bits per heavy atom. The van der Waals surface area contributed by atoms with Gasteiger partial charge in [-0.1, -0.05) is 34.6 Å². The summed E-state index contributed by atoms with van der Waals surface area (Å²) in [6, 6.07) is 8.10. The van der Waals surface area contributed by atoms with E-state index < -0.39 is 0 Å². The molecule has 3 aromatic rings. The molecule has 21 heavy (non-hydrogen) atoms. The summed E-state index contributed by atoms with van der Waals surface area (Å²) in [5.74, 6) is 1.91. The van der Waals surface area contributed by atoms with Crippen LogP contribution in [-0.2, 0) is 12.2 Å². The zero-order valence-electron chi connectivity index (χ0n) is 11.4. The first-order valence-corrected chi connectivity index (χ1v) is 8.27. The average molecular weight is 365 g/mol. The maximum Gasteiger partial charge on any atom is 0.226 e. The first-order chi connectivity index (χ1) is 10.3. The van der Waals surface area contributed by atoms with Gasteiger partial charge in [0.2, 0.25) is 11.8 Å². The molecule has 0 aliphatic carbocycles. The highest BCUT2D eigenvalue weighted by atomic mass is 79.9. The summed E-state index contributed by atoms with van der Waals surface area (Å²) in [6.45, 7) is 1.99. The molecule has 0 aliphatic rings. The van der Waals surface area contributed by atoms with Crippen molar-refractivity contribution in [3.63, 3.8) is 0 Å². The van der Waals surface area contributed by atoms with Crippen molar-refractivity contribution in [2.45, 2.75) is 24.3 Å². The van der Waals surface area contributed by atoms with E-state index in [-0.39, 0.29) is 0 Å². The third-order valence-electron chi connectivity index (χ3n) is 2.85. The van der Waals surface area contributed by atoms with E-state index in [2.05, 4.69) is 31.1 Å². The van der Waals surface area contributed by atoms with Crippen molar-refractivity contribution in [1.29, 1.82) is 0 Å². The van der Waals surface area contributed by atoms with Crippen molar-refractivity contribution >= 4 is 27.7 Å². The Labute approximate surface area is 134 Å². The molecule has 0 aliphatic heterocycles. The number of thioether (sulfide) groups is 1. The lowest BCUT2D eigenvalue weighted by molar-refractivity contribution is 0.470. The van der Waals surface area contributed by atoms with Gasteiger partial charge in [0.25, 0.3) is 0 Å². The normalized spacial score (nSPS) is 11.0. The monoisotopic (exact) mass is 364 g/mol. The Kier molecular flexibility index (Phi) is 4.40. The molecule has 3 rings (SSSR count). The summed E-state index contributed by atoms with van der Waals surface area (Å²) in [4.78, 5) is 4.38. The van der Waals surface area contributed by atoms with E-state index in [1.54, 1.807) is 18.0 Å². The summed E-state index contributed by atoms with van der Waals surface area (Å²) >= 11 is 5.01. The Morgan fingerprint density at radius 2 is 1.95 bits per heavy atom. The third kappa shape index (κ3) is 3.36. The highest BCUT2D eigenvalue weighted by molar-refractivity contribution is 9.10. The molecule has 0 spiro atoms. The van der Waals surface area contributed by atoms with E-state index in [1.165, 1.54) is 0 Å². The standard InChI is InChI=1S/C14H13BrN4OS/c1-2-12-17-18-13(20-12)9-21-14-16-7-8-19(14)11-5-3-10(15)4-6-11/h3-8H,2,9H2,1H3. The minimum absolute atomic E-state index is 0.612. The van der Waals surface area contributed by atoms with Crippen molar-refractivity contribution in [3.05, 3.63) is 52.9 Å². The molecule has 108 valence electrons. The van der Waals surface area contributed by atoms with Gasteiger partial charge in [0.15, 0.2) is 5.16 Å². The van der Waals surface area contributed by atoms with Gasteiger partial charge in [-0.05, 0) is 24.3 Å². The Balaban J connectivity index is 1.74. The van der Waals surface area contributed by atoms with Gasteiger partial charge in [-0.25, -0.2) is 4.98 Å². The Morgan fingerprint density at radius 3 is 2.67 bits per heavy atom. The number of hydrogen-bond donors (Lipinski definition) is 0. The molecular formula is C14H13BrN4OS. The molecule has 2 heterocycles. The topological polar surface area (TPSA) is 56.7 Å². The summed E-state index contributed by atoms with van der Waals surface area (Å²) < 4.78 is 8.60. The van der Waals surface area contributed by atoms with E-state index in [0.29, 0.717) is 17.5 Å². The highest BCUT2D eigenvalue weighted by Crippen LogP contribution is 2.24. The van der Waals surface area contributed by atoms with E-state index in [1.807, 2.05) is 42.0 Å². The lowest BCUT2D eigenvalue weighted by Crippen LogP contribution is -1.95. The van der Waals surface area contributed by atoms with E-state index in [9.17, 15) is 0 Å². The maximum atomic E-state index is 5.51. The number of rotatable bonds is 5. The van der Waals surface area contributed by atoms with Crippen LogP contribution in [0.15, 0.2) is 50.7 Å². The molecule has 0 radical (unpaired) electrons. The fraction of sp³-hybridized carbons (Fsp3) is 0.214. The fourth-order valence-corrected chi connectivity index (χ4v) is 2.88. The zero-order valence-corrected chi connectivity index (χ0v) is 13.8. The first kappa shape index (κ1) is 14.3. The summed E-state index contributed by atoms with van der Waals surface area (Å²) in [6.07, 6.45) is 4.48. The predicted octanol–water partition coefficient (Wildman–Crippen LogP) is 3.87. The van der Waals surface area contributed by atoms with Gasteiger partial charge >= 0.3 is 0 Å². The van der Waals surface area contributed by atoms with Crippen molar-refractivity contribution < 1.29 is 4.42 Å². The number of aromatic nitrogens is 4. The van der Waals surface area contributed by atoms with Crippen LogP contribution in [0.2, 0.25) is 0 Å². The number of halogens is 1. The van der Waals surface area contributed by atoms with Crippen molar-refractivity contribution in [1.82, 2.24) is 19.7 Å². The van der Waals surface area contributed by atoms with Crippen LogP contribution in [0.1, 0.15) is 18.7 Å². The molecule has 2 aromatic heterocycles. The van der Waals surface area contributed by atoms with E-state index in [4.69, 9.17) is 4.42 Å². The second-order valence-corrected chi connectivity index (χ2v) is 6.15. The SMILES string of the molecule is CCc1nnc(CSc2nccn2-c2ccc(Br)cc2)o1. The Bertz CT molecular complexity index is 723. The van der Waals surface area contributed by atoms with Crippen molar-refractivity contribution in [2.75, 3.05) is 0 Å². The van der Waals surface area contributed by atoms with Gasteiger partial charge in [-0.3, -0.25) is 4.57 Å².